The van der Waals surface area contributed by atoms with Crippen molar-refractivity contribution in [3.05, 3.63) is 63.8 Å². The summed E-state index contributed by atoms with van der Waals surface area (Å²) in [6.07, 6.45) is 2.65. The van der Waals surface area contributed by atoms with E-state index in [1.54, 1.807) is 4.57 Å². The van der Waals surface area contributed by atoms with Crippen LogP contribution in [-0.4, -0.2) is 67.7 Å². The maximum absolute atomic E-state index is 13.4. The van der Waals surface area contributed by atoms with Crippen molar-refractivity contribution in [1.29, 1.82) is 0 Å². The van der Waals surface area contributed by atoms with Crippen LogP contribution in [-0.2, 0) is 6.54 Å². The fourth-order valence-corrected chi connectivity index (χ4v) is 3.97. The van der Waals surface area contributed by atoms with E-state index in [1.807, 2.05) is 16.7 Å². The molecule has 12 heteroatoms. The summed E-state index contributed by atoms with van der Waals surface area (Å²) < 4.78 is 15.0. The molecule has 34 heavy (non-hydrogen) atoms. The highest BCUT2D eigenvalue weighted by atomic mass is 32.1. The molecule has 4 rings (SSSR count). The van der Waals surface area contributed by atoms with Gasteiger partial charge < -0.3 is 19.5 Å². The van der Waals surface area contributed by atoms with E-state index in [-0.39, 0.29) is 21.6 Å². The molecule has 1 aromatic carbocycles. The number of benzene rings is 1. The van der Waals surface area contributed by atoms with Crippen molar-refractivity contribution in [2.24, 2.45) is 0 Å². The molecule has 0 saturated carbocycles. The van der Waals surface area contributed by atoms with E-state index < -0.39 is 23.1 Å². The Kier molecular flexibility index (Phi) is 6.50. The number of amides is 1. The number of aryl methyl sites for hydroxylation is 1. The number of anilines is 1. The van der Waals surface area contributed by atoms with Crippen LogP contribution in [0.15, 0.2) is 41.5 Å². The number of nitrogens with one attached hydrogen (secondary N) is 1. The van der Waals surface area contributed by atoms with Crippen LogP contribution in [0.4, 0.5) is 10.3 Å². The topological polar surface area (TPSA) is 121 Å². The van der Waals surface area contributed by atoms with E-state index in [4.69, 9.17) is 12.2 Å². The van der Waals surface area contributed by atoms with E-state index in [0.717, 1.165) is 6.07 Å². The standard InChI is InChI=1S/C22H21FN6O4S/c1-2-27-12-16(20(32)33)17(30)15-11-24-21(25-18(15)27)28-6-8-29(9-7-28)22(34)26-19(31)13-4-3-5-14(23)10-13/h3-5,10-12H,2,6-9H2,1H3,(H,32,33)(H,26,31,34). The molecule has 0 unspecified atom stereocenters. The molecule has 2 aromatic heterocycles. The number of nitrogens with zero attached hydrogens (tertiary/aromatic N) is 5. The summed E-state index contributed by atoms with van der Waals surface area (Å²) in [7, 11) is 0. The van der Waals surface area contributed by atoms with Crippen LogP contribution in [0.25, 0.3) is 11.0 Å². The van der Waals surface area contributed by atoms with Crippen molar-refractivity contribution < 1.29 is 19.1 Å². The van der Waals surface area contributed by atoms with Crippen molar-refractivity contribution in [3.8, 4) is 0 Å². The Labute approximate surface area is 198 Å². The highest BCUT2D eigenvalue weighted by molar-refractivity contribution is 7.80. The Balaban J connectivity index is 1.46. The molecule has 1 fully saturated rings. The van der Waals surface area contributed by atoms with Crippen molar-refractivity contribution in [3.63, 3.8) is 0 Å². The number of piperazine rings is 1. The Morgan fingerprint density at radius 3 is 2.62 bits per heavy atom. The second-order valence-corrected chi connectivity index (χ2v) is 8.00. The molecule has 10 nitrogen and oxygen atoms in total. The van der Waals surface area contributed by atoms with Gasteiger partial charge in [-0.15, -0.1) is 0 Å². The number of fused-ring (bicyclic) bond motifs is 1. The number of halogens is 1. The van der Waals surface area contributed by atoms with Gasteiger partial charge in [0.15, 0.2) is 5.11 Å². The minimum Gasteiger partial charge on any atom is -0.477 e. The molecule has 0 radical (unpaired) electrons. The Bertz CT molecular complexity index is 1350. The summed E-state index contributed by atoms with van der Waals surface area (Å²) >= 11 is 5.35. The highest BCUT2D eigenvalue weighted by Crippen LogP contribution is 2.16. The fraction of sp³-hybridized carbons (Fsp3) is 0.273. The van der Waals surface area contributed by atoms with Crippen molar-refractivity contribution in [2.45, 2.75) is 13.5 Å². The predicted molar refractivity (Wildman–Crippen MR) is 127 cm³/mol. The number of carbonyl (C=O) groups is 2. The molecule has 3 heterocycles. The third-order valence-corrected chi connectivity index (χ3v) is 5.89. The minimum atomic E-state index is -1.30. The second-order valence-electron chi connectivity index (χ2n) is 7.61. The van der Waals surface area contributed by atoms with E-state index in [0.29, 0.717) is 44.3 Å². The third-order valence-electron chi connectivity index (χ3n) is 5.53. The summed E-state index contributed by atoms with van der Waals surface area (Å²) in [5.74, 6) is -1.88. The summed E-state index contributed by atoms with van der Waals surface area (Å²) in [4.78, 5) is 48.7. The van der Waals surface area contributed by atoms with Crippen LogP contribution in [0.3, 0.4) is 0 Å². The third kappa shape index (κ3) is 4.57. The maximum Gasteiger partial charge on any atom is 0.341 e. The van der Waals surface area contributed by atoms with Gasteiger partial charge in [0.2, 0.25) is 11.4 Å². The largest absolute Gasteiger partial charge is 0.477 e. The average Bonchev–Trinajstić information content (AvgIpc) is 2.84. The van der Waals surface area contributed by atoms with Gasteiger partial charge in [0.1, 0.15) is 17.0 Å². The van der Waals surface area contributed by atoms with Gasteiger partial charge in [-0.25, -0.2) is 14.2 Å². The number of carbonyl (C=O) groups excluding carboxylic acids is 1. The number of rotatable bonds is 4. The summed E-state index contributed by atoms with van der Waals surface area (Å²) in [5, 5.41) is 12.3. The maximum atomic E-state index is 13.4. The Morgan fingerprint density at radius 1 is 1.24 bits per heavy atom. The van der Waals surface area contributed by atoms with Gasteiger partial charge in [-0.2, -0.15) is 4.98 Å². The van der Waals surface area contributed by atoms with Gasteiger partial charge in [0, 0.05) is 50.7 Å². The zero-order chi connectivity index (χ0) is 24.4. The van der Waals surface area contributed by atoms with Gasteiger partial charge in [-0.1, -0.05) is 6.07 Å². The second kappa shape index (κ2) is 9.51. The number of hydrogen-bond donors (Lipinski definition) is 2. The molecule has 0 spiro atoms. The Morgan fingerprint density at radius 2 is 1.97 bits per heavy atom. The molecule has 1 aliphatic rings. The highest BCUT2D eigenvalue weighted by Gasteiger charge is 2.23. The lowest BCUT2D eigenvalue weighted by atomic mass is 10.2. The van der Waals surface area contributed by atoms with Crippen LogP contribution in [0.2, 0.25) is 0 Å². The predicted octanol–water partition coefficient (Wildman–Crippen LogP) is 1.49. The van der Waals surface area contributed by atoms with E-state index in [1.165, 1.54) is 30.6 Å². The van der Waals surface area contributed by atoms with Crippen molar-refractivity contribution >= 4 is 46.2 Å². The number of aromatic carboxylic acids is 1. The SMILES string of the molecule is CCn1cc(C(=O)O)c(=O)c2cnc(N3CCN(C(=S)NC(=O)c4cccc(F)c4)CC3)nc21. The van der Waals surface area contributed by atoms with Gasteiger partial charge in [0.05, 0.1) is 5.39 Å². The average molecular weight is 485 g/mol. The monoisotopic (exact) mass is 484 g/mol. The zero-order valence-corrected chi connectivity index (χ0v) is 19.0. The van der Waals surface area contributed by atoms with E-state index in [2.05, 4.69) is 15.3 Å². The molecular formula is C22H21FN6O4S. The minimum absolute atomic E-state index is 0.144. The summed E-state index contributed by atoms with van der Waals surface area (Å²) in [5.41, 5.74) is -0.405. The molecule has 1 aliphatic heterocycles. The molecule has 0 aliphatic carbocycles. The molecular weight excluding hydrogens is 463 g/mol. The molecule has 2 N–H and O–H groups in total. The van der Waals surface area contributed by atoms with Crippen LogP contribution in [0.1, 0.15) is 27.6 Å². The quantitative estimate of drug-likeness (QED) is 0.531. The molecule has 1 saturated heterocycles. The lowest BCUT2D eigenvalue weighted by Crippen LogP contribution is -2.53. The molecule has 176 valence electrons. The lowest BCUT2D eigenvalue weighted by molar-refractivity contribution is 0.0694. The number of carboxylic acid groups (broad SMARTS) is 1. The van der Waals surface area contributed by atoms with Crippen molar-refractivity contribution in [1.82, 2.24) is 24.8 Å². The smallest absolute Gasteiger partial charge is 0.341 e. The normalized spacial score (nSPS) is 13.7. The van der Waals surface area contributed by atoms with E-state index in [9.17, 15) is 23.9 Å². The number of thiocarbonyl (C=S) groups is 1. The molecule has 0 atom stereocenters. The van der Waals surface area contributed by atoms with Crippen molar-refractivity contribution in [2.75, 3.05) is 31.1 Å². The van der Waals surface area contributed by atoms with Crippen LogP contribution < -0.4 is 15.6 Å². The zero-order valence-electron chi connectivity index (χ0n) is 18.2. The van der Waals surface area contributed by atoms with Gasteiger partial charge in [-0.3, -0.25) is 14.9 Å². The molecule has 1 amide bonds. The number of carboxylic acids is 1. The van der Waals surface area contributed by atoms with Gasteiger partial charge >= 0.3 is 5.97 Å². The van der Waals surface area contributed by atoms with Crippen LogP contribution in [0.5, 0.6) is 0 Å². The first-order chi connectivity index (χ1) is 16.3. The fourth-order valence-electron chi connectivity index (χ4n) is 3.70. The van der Waals surface area contributed by atoms with Crippen LogP contribution in [0, 0.1) is 5.82 Å². The molecule has 3 aromatic rings. The number of pyridine rings is 1. The lowest BCUT2D eigenvalue weighted by Gasteiger charge is -2.36. The summed E-state index contributed by atoms with van der Waals surface area (Å²) in [6.45, 7) is 4.25. The number of aromatic nitrogens is 3. The first-order valence-electron chi connectivity index (χ1n) is 10.5. The molecule has 0 bridgehead atoms. The number of hydrogen-bond acceptors (Lipinski definition) is 7. The van der Waals surface area contributed by atoms with Gasteiger partial charge in [0.25, 0.3) is 5.91 Å². The first kappa shape index (κ1) is 23.2. The summed E-state index contributed by atoms with van der Waals surface area (Å²) in [6, 6.07) is 5.36. The Hall–Kier alpha value is -3.93. The van der Waals surface area contributed by atoms with Crippen LogP contribution >= 0.6 is 12.2 Å². The first-order valence-corrected chi connectivity index (χ1v) is 10.9. The van der Waals surface area contributed by atoms with E-state index >= 15 is 0 Å². The van der Waals surface area contributed by atoms with Gasteiger partial charge in [-0.05, 0) is 37.3 Å².